The van der Waals surface area contributed by atoms with Crippen LogP contribution < -0.4 is 4.74 Å². The zero-order valence-electron chi connectivity index (χ0n) is 11.1. The first-order valence-corrected chi connectivity index (χ1v) is 6.66. The molecule has 2 atom stereocenters. The van der Waals surface area contributed by atoms with Crippen molar-refractivity contribution in [2.45, 2.75) is 12.3 Å². The molecule has 106 valence electrons. The van der Waals surface area contributed by atoms with Gasteiger partial charge in [-0.25, -0.2) is 0 Å². The molecule has 0 bridgehead atoms. The maximum atomic E-state index is 12.0. The number of hydrogen-bond acceptors (Lipinski definition) is 4. The molecule has 0 heterocycles. The average Bonchev–Trinajstić information content (AvgIpc) is 3.29. The van der Waals surface area contributed by atoms with Crippen LogP contribution in [0.4, 0.5) is 5.69 Å². The fraction of sp³-hybridized carbons (Fsp3) is 0.188. The van der Waals surface area contributed by atoms with Gasteiger partial charge in [0, 0.05) is 6.07 Å². The monoisotopic (exact) mass is 283 g/mol. The van der Waals surface area contributed by atoms with E-state index in [0.717, 1.165) is 12.0 Å². The first-order chi connectivity index (χ1) is 10.1. The maximum absolute atomic E-state index is 12.0. The number of non-ortho nitro benzene ring substituents is 1. The zero-order chi connectivity index (χ0) is 14.8. The molecule has 0 saturated heterocycles. The number of ether oxygens (including phenoxy) is 1. The van der Waals surface area contributed by atoms with E-state index in [1.54, 1.807) is 6.07 Å². The van der Waals surface area contributed by atoms with Crippen molar-refractivity contribution in [3.8, 4) is 5.75 Å². The van der Waals surface area contributed by atoms with Crippen LogP contribution in [0.15, 0.2) is 54.6 Å². The molecule has 1 saturated carbocycles. The topological polar surface area (TPSA) is 69.4 Å². The highest BCUT2D eigenvalue weighted by Crippen LogP contribution is 2.48. The molecule has 5 heteroatoms. The van der Waals surface area contributed by atoms with Gasteiger partial charge < -0.3 is 4.74 Å². The van der Waals surface area contributed by atoms with Crippen molar-refractivity contribution in [3.63, 3.8) is 0 Å². The minimum atomic E-state index is -0.513. The summed E-state index contributed by atoms with van der Waals surface area (Å²) in [5.74, 6) is -0.0821. The number of hydrogen-bond donors (Lipinski definition) is 0. The van der Waals surface area contributed by atoms with Gasteiger partial charge in [-0.15, -0.1) is 0 Å². The first-order valence-electron chi connectivity index (χ1n) is 6.66. The second kappa shape index (κ2) is 5.36. The molecule has 2 aromatic rings. The van der Waals surface area contributed by atoms with E-state index in [9.17, 15) is 14.9 Å². The smallest absolute Gasteiger partial charge is 0.314 e. The van der Waals surface area contributed by atoms with E-state index >= 15 is 0 Å². The van der Waals surface area contributed by atoms with Crippen molar-refractivity contribution in [2.75, 3.05) is 0 Å². The van der Waals surface area contributed by atoms with Crippen molar-refractivity contribution < 1.29 is 14.5 Å². The molecule has 0 radical (unpaired) electrons. The second-order valence-corrected chi connectivity index (χ2v) is 5.03. The van der Waals surface area contributed by atoms with Gasteiger partial charge in [0.2, 0.25) is 0 Å². The Balaban J connectivity index is 1.66. The van der Waals surface area contributed by atoms with Gasteiger partial charge in [0.15, 0.2) is 0 Å². The fourth-order valence-corrected chi connectivity index (χ4v) is 2.38. The second-order valence-electron chi connectivity index (χ2n) is 5.03. The third-order valence-corrected chi connectivity index (χ3v) is 3.57. The summed E-state index contributed by atoms with van der Waals surface area (Å²) < 4.78 is 5.24. The van der Waals surface area contributed by atoms with Crippen molar-refractivity contribution in [2.24, 2.45) is 5.92 Å². The predicted octanol–water partition coefficient (Wildman–Crippen LogP) is 3.30. The Labute approximate surface area is 121 Å². The summed E-state index contributed by atoms with van der Waals surface area (Å²) in [6, 6.07) is 15.5. The number of carbonyl (C=O) groups excluding carboxylic acids is 1. The number of carbonyl (C=O) groups is 1. The van der Waals surface area contributed by atoms with Crippen LogP contribution in [0.5, 0.6) is 5.75 Å². The van der Waals surface area contributed by atoms with Crippen molar-refractivity contribution >= 4 is 11.7 Å². The Morgan fingerprint density at radius 3 is 2.62 bits per heavy atom. The Kier molecular flexibility index (Phi) is 3.39. The Bertz CT molecular complexity index is 684. The lowest BCUT2D eigenvalue weighted by molar-refractivity contribution is -0.384. The third kappa shape index (κ3) is 2.91. The predicted molar refractivity (Wildman–Crippen MR) is 76.0 cm³/mol. The van der Waals surface area contributed by atoms with E-state index in [1.807, 2.05) is 30.3 Å². The van der Waals surface area contributed by atoms with Crippen LogP contribution in [0.2, 0.25) is 0 Å². The van der Waals surface area contributed by atoms with Crippen LogP contribution in [0, 0.1) is 16.0 Å². The van der Waals surface area contributed by atoms with Gasteiger partial charge in [-0.3, -0.25) is 14.9 Å². The number of esters is 1. The molecule has 2 aromatic carbocycles. The number of nitro groups is 1. The average molecular weight is 283 g/mol. The molecular formula is C16H13NO4. The molecule has 0 aliphatic heterocycles. The summed E-state index contributed by atoms with van der Waals surface area (Å²) in [5, 5.41) is 10.7. The van der Waals surface area contributed by atoms with E-state index < -0.39 is 4.92 Å². The van der Waals surface area contributed by atoms with Crippen molar-refractivity contribution in [1.82, 2.24) is 0 Å². The number of nitro benzene ring substituents is 1. The van der Waals surface area contributed by atoms with E-state index in [1.165, 1.54) is 18.2 Å². The molecule has 1 aliphatic rings. The molecule has 0 aromatic heterocycles. The van der Waals surface area contributed by atoms with Gasteiger partial charge in [-0.05, 0) is 24.0 Å². The van der Waals surface area contributed by atoms with Gasteiger partial charge in [0.25, 0.3) is 5.69 Å². The van der Waals surface area contributed by atoms with Crippen LogP contribution in [-0.4, -0.2) is 10.9 Å². The summed E-state index contributed by atoms with van der Waals surface area (Å²) in [7, 11) is 0. The highest BCUT2D eigenvalue weighted by molar-refractivity contribution is 5.79. The van der Waals surface area contributed by atoms with Gasteiger partial charge in [0.1, 0.15) is 5.75 Å². The van der Waals surface area contributed by atoms with Gasteiger partial charge in [-0.1, -0.05) is 36.4 Å². The van der Waals surface area contributed by atoms with Crippen molar-refractivity contribution in [3.05, 3.63) is 70.3 Å². The molecule has 1 fully saturated rings. The van der Waals surface area contributed by atoms with Crippen LogP contribution in [0.1, 0.15) is 17.9 Å². The van der Waals surface area contributed by atoms with Crippen LogP contribution >= 0.6 is 0 Å². The molecule has 0 spiro atoms. The minimum absolute atomic E-state index is 0.0873. The molecule has 2 unspecified atom stereocenters. The Hall–Kier alpha value is -2.69. The summed E-state index contributed by atoms with van der Waals surface area (Å²) in [5.41, 5.74) is 1.04. The minimum Gasteiger partial charge on any atom is -0.426 e. The first kappa shape index (κ1) is 13.3. The highest BCUT2D eigenvalue weighted by Gasteiger charge is 2.45. The lowest BCUT2D eigenvalue weighted by Crippen LogP contribution is -2.11. The standard InChI is InChI=1S/C16H13NO4/c18-16(15-10-14(15)11-5-2-1-3-6-11)21-13-8-4-7-12(9-13)17(19)20/h1-9,14-15H,10H2. The normalized spacial score (nSPS) is 19.8. The zero-order valence-corrected chi connectivity index (χ0v) is 11.1. The summed E-state index contributed by atoms with van der Waals surface area (Å²) in [6.45, 7) is 0. The molecule has 3 rings (SSSR count). The van der Waals surface area contributed by atoms with Gasteiger partial charge in [-0.2, -0.15) is 0 Å². The van der Waals surface area contributed by atoms with E-state index in [4.69, 9.17) is 4.74 Å². The summed E-state index contributed by atoms with van der Waals surface area (Å²) in [6.07, 6.45) is 0.762. The van der Waals surface area contributed by atoms with E-state index in [-0.39, 0.29) is 29.2 Å². The van der Waals surface area contributed by atoms with Crippen molar-refractivity contribution in [1.29, 1.82) is 0 Å². The number of nitrogens with zero attached hydrogens (tertiary/aromatic N) is 1. The van der Waals surface area contributed by atoms with Crippen LogP contribution in [0.3, 0.4) is 0 Å². The summed E-state index contributed by atoms with van der Waals surface area (Å²) in [4.78, 5) is 22.2. The lowest BCUT2D eigenvalue weighted by atomic mass is 10.1. The molecule has 21 heavy (non-hydrogen) atoms. The van der Waals surface area contributed by atoms with Gasteiger partial charge >= 0.3 is 5.97 Å². The largest absolute Gasteiger partial charge is 0.426 e. The third-order valence-electron chi connectivity index (χ3n) is 3.57. The number of benzene rings is 2. The SMILES string of the molecule is O=C(Oc1cccc([N+](=O)[O-])c1)C1CC1c1ccccc1. The van der Waals surface area contributed by atoms with E-state index in [2.05, 4.69) is 0 Å². The highest BCUT2D eigenvalue weighted by atomic mass is 16.6. The molecule has 1 aliphatic carbocycles. The molecule has 0 amide bonds. The fourth-order valence-electron chi connectivity index (χ4n) is 2.38. The summed E-state index contributed by atoms with van der Waals surface area (Å²) >= 11 is 0. The number of rotatable bonds is 4. The molecule has 5 nitrogen and oxygen atoms in total. The Morgan fingerprint density at radius 1 is 1.14 bits per heavy atom. The van der Waals surface area contributed by atoms with Crippen LogP contribution in [0.25, 0.3) is 0 Å². The quantitative estimate of drug-likeness (QED) is 0.373. The maximum Gasteiger partial charge on any atom is 0.314 e. The lowest BCUT2D eigenvalue weighted by Gasteiger charge is -2.04. The molecular weight excluding hydrogens is 270 g/mol. The Morgan fingerprint density at radius 2 is 1.90 bits per heavy atom. The van der Waals surface area contributed by atoms with Gasteiger partial charge in [0.05, 0.1) is 16.9 Å². The van der Waals surface area contributed by atoms with Crippen LogP contribution in [-0.2, 0) is 4.79 Å². The molecule has 0 N–H and O–H groups in total. The van der Waals surface area contributed by atoms with E-state index in [0.29, 0.717) is 0 Å².